The van der Waals surface area contributed by atoms with E-state index < -0.39 is 0 Å². The van der Waals surface area contributed by atoms with Crippen molar-refractivity contribution >= 4 is 32.7 Å². The smallest absolute Gasteiger partial charge is 0.253 e. The highest BCUT2D eigenvalue weighted by Crippen LogP contribution is 2.21. The van der Waals surface area contributed by atoms with Crippen LogP contribution in [-0.4, -0.2) is 25.7 Å². The lowest BCUT2D eigenvalue weighted by Gasteiger charge is -2.07. The number of amides is 1. The molecule has 0 unspecified atom stereocenters. The predicted octanol–water partition coefficient (Wildman–Crippen LogP) is 3.65. The van der Waals surface area contributed by atoms with Gasteiger partial charge in [0.05, 0.1) is 41.4 Å². The van der Waals surface area contributed by atoms with Crippen molar-refractivity contribution in [3.63, 3.8) is 0 Å². The first-order valence-corrected chi connectivity index (χ1v) is 8.88. The molecule has 0 bridgehead atoms. The van der Waals surface area contributed by atoms with Gasteiger partial charge in [0.15, 0.2) is 0 Å². The fourth-order valence-corrected chi connectivity index (χ4v) is 3.11. The Labute approximate surface area is 162 Å². The standard InChI is InChI=1S/C19H13BrFN5O/c20-18-3-1-2-13(25-18)8-23-19(27)16-9-22-11-17-15(16)10-24-26(17)14-6-4-12(21)5-7-14/h1-7,9-11H,8H2,(H,23,27). The first-order valence-electron chi connectivity index (χ1n) is 8.09. The average molecular weight is 426 g/mol. The Morgan fingerprint density at radius 3 is 2.70 bits per heavy atom. The van der Waals surface area contributed by atoms with Crippen molar-refractivity contribution in [2.24, 2.45) is 0 Å². The van der Waals surface area contributed by atoms with Crippen LogP contribution in [-0.2, 0) is 6.54 Å². The number of benzene rings is 1. The summed E-state index contributed by atoms with van der Waals surface area (Å²) in [4.78, 5) is 21.1. The fourth-order valence-electron chi connectivity index (χ4n) is 2.73. The molecule has 0 aliphatic carbocycles. The van der Waals surface area contributed by atoms with Crippen LogP contribution >= 0.6 is 15.9 Å². The van der Waals surface area contributed by atoms with Crippen LogP contribution < -0.4 is 5.32 Å². The Bertz CT molecular complexity index is 1130. The van der Waals surface area contributed by atoms with Gasteiger partial charge in [-0.05, 0) is 52.3 Å². The number of rotatable bonds is 4. The summed E-state index contributed by atoms with van der Waals surface area (Å²) in [5.74, 6) is -0.594. The topological polar surface area (TPSA) is 72.7 Å². The first-order chi connectivity index (χ1) is 13.1. The zero-order chi connectivity index (χ0) is 18.8. The Hall–Kier alpha value is -3.13. The van der Waals surface area contributed by atoms with Crippen LogP contribution in [0.1, 0.15) is 16.1 Å². The van der Waals surface area contributed by atoms with E-state index >= 15 is 0 Å². The van der Waals surface area contributed by atoms with Gasteiger partial charge < -0.3 is 5.32 Å². The number of carbonyl (C=O) groups is 1. The lowest BCUT2D eigenvalue weighted by molar-refractivity contribution is 0.0951. The van der Waals surface area contributed by atoms with Crippen molar-refractivity contribution in [1.82, 2.24) is 25.1 Å². The van der Waals surface area contributed by atoms with Gasteiger partial charge in [-0.15, -0.1) is 0 Å². The third-order valence-corrected chi connectivity index (χ3v) is 4.46. The molecule has 0 spiro atoms. The second kappa shape index (κ2) is 7.24. The number of hydrogen-bond donors (Lipinski definition) is 1. The molecular weight excluding hydrogens is 413 g/mol. The quantitative estimate of drug-likeness (QED) is 0.506. The van der Waals surface area contributed by atoms with Crippen molar-refractivity contribution in [2.75, 3.05) is 0 Å². The average Bonchev–Trinajstić information content (AvgIpc) is 3.11. The van der Waals surface area contributed by atoms with E-state index in [2.05, 4.69) is 36.3 Å². The molecule has 0 aliphatic rings. The van der Waals surface area contributed by atoms with E-state index in [0.717, 1.165) is 5.69 Å². The van der Waals surface area contributed by atoms with Crippen molar-refractivity contribution in [1.29, 1.82) is 0 Å². The van der Waals surface area contributed by atoms with Gasteiger partial charge in [-0.2, -0.15) is 5.10 Å². The number of carbonyl (C=O) groups excluding carboxylic acids is 1. The van der Waals surface area contributed by atoms with Crippen molar-refractivity contribution in [2.45, 2.75) is 6.54 Å². The maximum absolute atomic E-state index is 13.2. The Morgan fingerprint density at radius 2 is 1.93 bits per heavy atom. The van der Waals surface area contributed by atoms with Gasteiger partial charge in [-0.1, -0.05) is 6.07 Å². The minimum absolute atomic E-state index is 0.270. The molecule has 4 aromatic rings. The zero-order valence-corrected chi connectivity index (χ0v) is 15.5. The molecule has 1 aromatic carbocycles. The van der Waals surface area contributed by atoms with Crippen LogP contribution in [0.15, 0.2) is 65.7 Å². The van der Waals surface area contributed by atoms with Gasteiger partial charge >= 0.3 is 0 Å². The van der Waals surface area contributed by atoms with Gasteiger partial charge in [-0.3, -0.25) is 9.78 Å². The third kappa shape index (κ3) is 3.56. The number of nitrogens with one attached hydrogen (secondary N) is 1. The van der Waals surface area contributed by atoms with Crippen LogP contribution in [0.3, 0.4) is 0 Å². The Balaban J connectivity index is 1.62. The molecule has 0 aliphatic heterocycles. The minimum Gasteiger partial charge on any atom is -0.346 e. The second-order valence-corrected chi connectivity index (χ2v) is 6.60. The molecule has 0 saturated carbocycles. The highest BCUT2D eigenvalue weighted by Gasteiger charge is 2.15. The molecule has 0 fully saturated rings. The zero-order valence-electron chi connectivity index (χ0n) is 13.9. The summed E-state index contributed by atoms with van der Waals surface area (Å²) in [5, 5.41) is 7.83. The molecular formula is C19H13BrFN5O. The summed E-state index contributed by atoms with van der Waals surface area (Å²) in [7, 11) is 0. The number of hydrogen-bond acceptors (Lipinski definition) is 4. The molecule has 27 heavy (non-hydrogen) atoms. The van der Waals surface area contributed by atoms with E-state index in [9.17, 15) is 9.18 Å². The summed E-state index contributed by atoms with van der Waals surface area (Å²) < 4.78 is 15.5. The number of pyridine rings is 2. The third-order valence-electron chi connectivity index (χ3n) is 4.02. The molecule has 0 atom stereocenters. The number of nitrogens with zero attached hydrogens (tertiary/aromatic N) is 4. The van der Waals surface area contributed by atoms with E-state index in [1.165, 1.54) is 18.3 Å². The summed E-state index contributed by atoms with van der Waals surface area (Å²) in [6.45, 7) is 0.292. The maximum Gasteiger partial charge on any atom is 0.253 e. The van der Waals surface area contributed by atoms with Gasteiger partial charge in [-0.25, -0.2) is 14.1 Å². The van der Waals surface area contributed by atoms with Gasteiger partial charge in [0, 0.05) is 11.6 Å². The van der Waals surface area contributed by atoms with Crippen LogP contribution in [0.5, 0.6) is 0 Å². The van der Waals surface area contributed by atoms with Crippen LogP contribution in [0.25, 0.3) is 16.6 Å². The maximum atomic E-state index is 13.2. The molecule has 1 N–H and O–H groups in total. The molecule has 3 heterocycles. The SMILES string of the molecule is O=C(NCc1cccc(Br)n1)c1cncc2c1cnn2-c1ccc(F)cc1. The summed E-state index contributed by atoms with van der Waals surface area (Å²) >= 11 is 3.31. The van der Waals surface area contributed by atoms with E-state index in [1.54, 1.807) is 29.2 Å². The molecule has 134 valence electrons. The number of fused-ring (bicyclic) bond motifs is 1. The first kappa shape index (κ1) is 17.3. The summed E-state index contributed by atoms with van der Waals surface area (Å²) in [5.41, 5.74) is 2.50. The van der Waals surface area contributed by atoms with E-state index in [-0.39, 0.29) is 11.7 Å². The minimum atomic E-state index is -0.324. The van der Waals surface area contributed by atoms with E-state index in [4.69, 9.17) is 0 Å². The Morgan fingerprint density at radius 1 is 1.11 bits per heavy atom. The van der Waals surface area contributed by atoms with Crippen LogP contribution in [0.4, 0.5) is 4.39 Å². The highest BCUT2D eigenvalue weighted by molar-refractivity contribution is 9.10. The van der Waals surface area contributed by atoms with Crippen molar-refractivity contribution in [3.05, 3.63) is 82.7 Å². The molecule has 3 aromatic heterocycles. The Kier molecular flexibility index (Phi) is 4.64. The summed E-state index contributed by atoms with van der Waals surface area (Å²) in [6.07, 6.45) is 4.73. The van der Waals surface area contributed by atoms with Gasteiger partial charge in [0.1, 0.15) is 10.4 Å². The number of aromatic nitrogens is 4. The van der Waals surface area contributed by atoms with Crippen LogP contribution in [0.2, 0.25) is 0 Å². The predicted molar refractivity (Wildman–Crippen MR) is 102 cm³/mol. The van der Waals surface area contributed by atoms with E-state index in [1.807, 2.05) is 18.2 Å². The van der Waals surface area contributed by atoms with Crippen molar-refractivity contribution < 1.29 is 9.18 Å². The van der Waals surface area contributed by atoms with E-state index in [0.29, 0.717) is 33.3 Å². The van der Waals surface area contributed by atoms with Gasteiger partial charge in [0.2, 0.25) is 0 Å². The lowest BCUT2D eigenvalue weighted by atomic mass is 10.2. The molecule has 6 nitrogen and oxygen atoms in total. The summed E-state index contributed by atoms with van der Waals surface area (Å²) in [6, 6.07) is 11.5. The van der Waals surface area contributed by atoms with Crippen molar-refractivity contribution in [3.8, 4) is 5.69 Å². The molecule has 0 radical (unpaired) electrons. The molecule has 4 rings (SSSR count). The molecule has 8 heteroatoms. The van der Waals surface area contributed by atoms with Crippen LogP contribution in [0, 0.1) is 5.82 Å². The lowest BCUT2D eigenvalue weighted by Crippen LogP contribution is -2.23. The largest absolute Gasteiger partial charge is 0.346 e. The molecule has 0 saturated heterocycles. The highest BCUT2D eigenvalue weighted by atomic mass is 79.9. The molecule has 1 amide bonds. The number of halogens is 2. The van der Waals surface area contributed by atoms with Gasteiger partial charge in [0.25, 0.3) is 5.91 Å². The monoisotopic (exact) mass is 425 g/mol. The second-order valence-electron chi connectivity index (χ2n) is 5.79. The normalized spacial score (nSPS) is 10.9. The fraction of sp³-hybridized carbons (Fsp3) is 0.0526.